The zero-order valence-corrected chi connectivity index (χ0v) is 8.55. The Hall–Kier alpha value is -1.05. The van der Waals surface area contributed by atoms with Crippen molar-refractivity contribution in [3.05, 3.63) is 29.8 Å². The van der Waals surface area contributed by atoms with Crippen molar-refractivity contribution in [1.82, 2.24) is 0 Å². The predicted octanol–water partition coefficient (Wildman–Crippen LogP) is 3.17. The Bertz CT molecular complexity index is 348. The number of hydrogen-bond donors (Lipinski definition) is 1. The summed E-state index contributed by atoms with van der Waals surface area (Å²) in [6, 6.07) is 7.06. The first kappa shape index (κ1) is 9.50. The Morgan fingerprint density at radius 2 is 1.86 bits per heavy atom. The van der Waals surface area contributed by atoms with Crippen LogP contribution in [-0.2, 0) is 5.41 Å². The van der Waals surface area contributed by atoms with Crippen LogP contribution in [0, 0.1) is 0 Å². The Kier molecular flexibility index (Phi) is 1.85. The Balaban J connectivity index is 2.46. The second kappa shape index (κ2) is 2.72. The highest BCUT2D eigenvalue weighted by Crippen LogP contribution is 2.59. The third-order valence-electron chi connectivity index (χ3n) is 3.31. The summed E-state index contributed by atoms with van der Waals surface area (Å²) < 4.78 is 14.0. The highest BCUT2D eigenvalue weighted by molar-refractivity contribution is 5.44. The lowest BCUT2D eigenvalue weighted by Gasteiger charge is -2.27. The summed E-state index contributed by atoms with van der Waals surface area (Å²) >= 11 is 0. The van der Waals surface area contributed by atoms with Crippen LogP contribution in [0.1, 0.15) is 32.3 Å². The number of aromatic hydroxyl groups is 1. The molecule has 14 heavy (non-hydrogen) atoms. The molecule has 0 aromatic heterocycles. The maximum atomic E-state index is 14.0. The van der Waals surface area contributed by atoms with Gasteiger partial charge in [-0.25, -0.2) is 4.39 Å². The van der Waals surface area contributed by atoms with Crippen molar-refractivity contribution >= 4 is 0 Å². The molecule has 0 bridgehead atoms. The number of para-hydroxylation sites is 1. The predicted molar refractivity (Wildman–Crippen MR) is 54.2 cm³/mol. The van der Waals surface area contributed by atoms with E-state index in [-0.39, 0.29) is 5.75 Å². The molecule has 0 spiro atoms. The van der Waals surface area contributed by atoms with Crippen LogP contribution in [-0.4, -0.2) is 10.8 Å². The molecule has 0 unspecified atom stereocenters. The molecule has 0 amide bonds. The van der Waals surface area contributed by atoms with Gasteiger partial charge in [-0.15, -0.1) is 0 Å². The van der Waals surface area contributed by atoms with Crippen molar-refractivity contribution in [3.63, 3.8) is 0 Å². The van der Waals surface area contributed by atoms with E-state index in [9.17, 15) is 9.50 Å². The normalized spacial score (nSPS) is 19.4. The van der Waals surface area contributed by atoms with E-state index in [4.69, 9.17) is 0 Å². The fourth-order valence-electron chi connectivity index (χ4n) is 2.19. The molecule has 1 aliphatic rings. The van der Waals surface area contributed by atoms with Gasteiger partial charge >= 0.3 is 0 Å². The highest BCUT2D eigenvalue weighted by Gasteiger charge is 2.57. The lowest BCUT2D eigenvalue weighted by atomic mass is 9.82. The number of alkyl halides is 1. The molecule has 1 aromatic carbocycles. The zero-order chi connectivity index (χ0) is 10.4. The third-order valence-corrected chi connectivity index (χ3v) is 3.31. The smallest absolute Gasteiger partial charge is 0.119 e. The Morgan fingerprint density at radius 3 is 2.29 bits per heavy atom. The van der Waals surface area contributed by atoms with Crippen LogP contribution in [0.2, 0.25) is 0 Å². The number of phenols is 1. The minimum Gasteiger partial charge on any atom is -0.508 e. The molecule has 0 aliphatic heterocycles. The molecule has 1 N–H and O–H groups in total. The van der Waals surface area contributed by atoms with E-state index in [1.165, 1.54) is 0 Å². The van der Waals surface area contributed by atoms with Crippen LogP contribution in [0.5, 0.6) is 5.75 Å². The van der Waals surface area contributed by atoms with E-state index < -0.39 is 11.1 Å². The van der Waals surface area contributed by atoms with Crippen LogP contribution in [0.4, 0.5) is 4.39 Å². The molecule has 1 saturated carbocycles. The summed E-state index contributed by atoms with van der Waals surface area (Å²) in [6.07, 6.45) is 1.65. The second-order valence-corrected chi connectivity index (χ2v) is 4.57. The van der Waals surface area contributed by atoms with Gasteiger partial charge in [-0.2, -0.15) is 0 Å². The molecule has 0 radical (unpaired) electrons. The molecule has 0 heterocycles. The Morgan fingerprint density at radius 1 is 1.29 bits per heavy atom. The van der Waals surface area contributed by atoms with Crippen molar-refractivity contribution in [3.8, 4) is 5.75 Å². The molecule has 1 aliphatic carbocycles. The van der Waals surface area contributed by atoms with Crippen LogP contribution in [0.15, 0.2) is 24.3 Å². The minimum absolute atomic E-state index is 0.218. The number of benzene rings is 1. The van der Waals surface area contributed by atoms with Gasteiger partial charge in [-0.3, -0.25) is 0 Å². The Labute approximate surface area is 83.6 Å². The molecule has 0 saturated heterocycles. The molecule has 2 heteroatoms. The lowest BCUT2D eigenvalue weighted by Crippen LogP contribution is -2.31. The van der Waals surface area contributed by atoms with Gasteiger partial charge in [0.1, 0.15) is 11.4 Å². The van der Waals surface area contributed by atoms with Crippen molar-refractivity contribution in [1.29, 1.82) is 0 Å². The van der Waals surface area contributed by atoms with Crippen LogP contribution >= 0.6 is 0 Å². The maximum absolute atomic E-state index is 14.0. The SMILES string of the molecule is CC(C)(F)C1(c2ccccc2O)CC1. The number of rotatable bonds is 2. The van der Waals surface area contributed by atoms with Crippen molar-refractivity contribution in [2.24, 2.45) is 0 Å². The van der Waals surface area contributed by atoms with Crippen LogP contribution < -0.4 is 0 Å². The molecule has 0 atom stereocenters. The average molecular weight is 194 g/mol. The minimum atomic E-state index is -1.26. The zero-order valence-electron chi connectivity index (χ0n) is 8.55. The van der Waals surface area contributed by atoms with Crippen molar-refractivity contribution in [2.45, 2.75) is 37.8 Å². The number of halogens is 1. The van der Waals surface area contributed by atoms with Crippen molar-refractivity contribution in [2.75, 3.05) is 0 Å². The third kappa shape index (κ3) is 1.21. The molecule has 76 valence electrons. The largest absolute Gasteiger partial charge is 0.508 e. The average Bonchev–Trinajstić information content (AvgIpc) is 2.84. The van der Waals surface area contributed by atoms with Gasteiger partial charge in [-0.1, -0.05) is 18.2 Å². The van der Waals surface area contributed by atoms with Gasteiger partial charge in [0.2, 0.25) is 0 Å². The summed E-state index contributed by atoms with van der Waals surface area (Å²) in [6.45, 7) is 3.18. The van der Waals surface area contributed by atoms with E-state index in [0.29, 0.717) is 0 Å². The van der Waals surface area contributed by atoms with E-state index >= 15 is 0 Å². The highest BCUT2D eigenvalue weighted by atomic mass is 19.1. The number of hydrogen-bond acceptors (Lipinski definition) is 1. The van der Waals surface area contributed by atoms with Crippen LogP contribution in [0.25, 0.3) is 0 Å². The van der Waals surface area contributed by atoms with Gasteiger partial charge < -0.3 is 5.11 Å². The maximum Gasteiger partial charge on any atom is 0.119 e. The second-order valence-electron chi connectivity index (χ2n) is 4.57. The first-order valence-electron chi connectivity index (χ1n) is 4.95. The van der Waals surface area contributed by atoms with E-state index in [1.54, 1.807) is 26.0 Å². The molecule has 1 nitrogen and oxygen atoms in total. The standard InChI is InChI=1S/C12H15FO/c1-11(2,13)12(7-8-12)9-5-3-4-6-10(9)14/h3-6,14H,7-8H2,1-2H3. The summed E-state index contributed by atoms with van der Waals surface area (Å²) in [7, 11) is 0. The summed E-state index contributed by atoms with van der Waals surface area (Å²) in [4.78, 5) is 0. The summed E-state index contributed by atoms with van der Waals surface area (Å²) in [5, 5.41) is 9.68. The van der Waals surface area contributed by atoms with E-state index in [2.05, 4.69) is 0 Å². The fourth-order valence-corrected chi connectivity index (χ4v) is 2.19. The molecule has 2 rings (SSSR count). The van der Waals surface area contributed by atoms with Gasteiger partial charge in [0.25, 0.3) is 0 Å². The molecule has 1 aromatic rings. The monoisotopic (exact) mass is 194 g/mol. The summed E-state index contributed by atoms with van der Waals surface area (Å²) in [5.41, 5.74) is -0.947. The molecular weight excluding hydrogens is 179 g/mol. The number of phenolic OH excluding ortho intramolecular Hbond substituents is 1. The topological polar surface area (TPSA) is 20.2 Å². The van der Waals surface area contributed by atoms with E-state index in [1.807, 2.05) is 12.1 Å². The quantitative estimate of drug-likeness (QED) is 0.766. The van der Waals surface area contributed by atoms with Gasteiger partial charge in [0.05, 0.1) is 0 Å². The first-order valence-corrected chi connectivity index (χ1v) is 4.95. The first-order chi connectivity index (χ1) is 6.47. The lowest BCUT2D eigenvalue weighted by molar-refractivity contribution is 0.154. The van der Waals surface area contributed by atoms with Crippen LogP contribution in [0.3, 0.4) is 0 Å². The van der Waals surface area contributed by atoms with Gasteiger partial charge in [0.15, 0.2) is 0 Å². The van der Waals surface area contributed by atoms with Gasteiger partial charge in [0, 0.05) is 11.0 Å². The van der Waals surface area contributed by atoms with Gasteiger partial charge in [-0.05, 0) is 32.8 Å². The molecule has 1 fully saturated rings. The van der Waals surface area contributed by atoms with Crippen molar-refractivity contribution < 1.29 is 9.50 Å². The summed E-state index contributed by atoms with van der Waals surface area (Å²) in [5.74, 6) is 0.218. The fraction of sp³-hybridized carbons (Fsp3) is 0.500. The molecular formula is C12H15FO. The van der Waals surface area contributed by atoms with E-state index in [0.717, 1.165) is 18.4 Å².